The highest BCUT2D eigenvalue weighted by Gasteiger charge is 2.10. The maximum atomic E-state index is 4.44. The Balaban J connectivity index is 2.59. The predicted molar refractivity (Wildman–Crippen MR) is 63.3 cm³/mol. The van der Waals surface area contributed by atoms with Crippen LogP contribution >= 0.6 is 15.9 Å². The summed E-state index contributed by atoms with van der Waals surface area (Å²) in [7, 11) is 0. The Morgan fingerprint density at radius 3 is 2.47 bits per heavy atom. The molecule has 0 saturated carbocycles. The molecule has 0 saturated heterocycles. The Bertz CT molecular complexity index is 503. The summed E-state index contributed by atoms with van der Waals surface area (Å²) in [5.74, 6) is 0.862. The fourth-order valence-electron chi connectivity index (χ4n) is 1.49. The first kappa shape index (κ1) is 10.4. The summed E-state index contributed by atoms with van der Waals surface area (Å²) in [6.45, 7) is 5.97. The SMILES string of the molecule is Cc1cccc(-n2nc(C)c(Br)c2C)n1. The van der Waals surface area contributed by atoms with Crippen LogP contribution in [0.5, 0.6) is 0 Å². The van der Waals surface area contributed by atoms with E-state index in [0.29, 0.717) is 0 Å². The van der Waals surface area contributed by atoms with Crippen LogP contribution in [0.15, 0.2) is 22.7 Å². The van der Waals surface area contributed by atoms with Crippen LogP contribution in [0.3, 0.4) is 0 Å². The molecule has 3 nitrogen and oxygen atoms in total. The molecule has 15 heavy (non-hydrogen) atoms. The number of hydrogen-bond acceptors (Lipinski definition) is 2. The Labute approximate surface area is 97.3 Å². The van der Waals surface area contributed by atoms with Crippen molar-refractivity contribution in [3.8, 4) is 5.82 Å². The first-order valence-electron chi connectivity index (χ1n) is 4.75. The van der Waals surface area contributed by atoms with Gasteiger partial charge in [-0.2, -0.15) is 5.10 Å². The van der Waals surface area contributed by atoms with Gasteiger partial charge < -0.3 is 0 Å². The van der Waals surface area contributed by atoms with Gasteiger partial charge in [0.15, 0.2) is 5.82 Å². The van der Waals surface area contributed by atoms with Gasteiger partial charge >= 0.3 is 0 Å². The van der Waals surface area contributed by atoms with Gasteiger partial charge in [0.2, 0.25) is 0 Å². The molecular formula is C11H12BrN3. The molecule has 0 spiro atoms. The number of pyridine rings is 1. The van der Waals surface area contributed by atoms with Crippen molar-refractivity contribution in [3.05, 3.63) is 39.8 Å². The van der Waals surface area contributed by atoms with Gasteiger partial charge in [-0.25, -0.2) is 9.67 Å². The third-order valence-corrected chi connectivity index (χ3v) is 3.44. The fourth-order valence-corrected chi connectivity index (χ4v) is 1.74. The molecule has 0 fully saturated rings. The monoisotopic (exact) mass is 265 g/mol. The molecule has 0 unspecified atom stereocenters. The van der Waals surface area contributed by atoms with Gasteiger partial charge in [-0.05, 0) is 48.8 Å². The molecule has 0 aliphatic carbocycles. The van der Waals surface area contributed by atoms with E-state index in [1.165, 1.54) is 0 Å². The Morgan fingerprint density at radius 2 is 1.93 bits per heavy atom. The van der Waals surface area contributed by atoms with Crippen LogP contribution in [0.4, 0.5) is 0 Å². The lowest BCUT2D eigenvalue weighted by Gasteiger charge is -2.03. The number of aryl methyl sites for hydroxylation is 2. The van der Waals surface area contributed by atoms with E-state index in [1.54, 1.807) is 0 Å². The van der Waals surface area contributed by atoms with Crippen molar-refractivity contribution < 1.29 is 0 Å². The molecule has 78 valence electrons. The summed E-state index contributed by atoms with van der Waals surface area (Å²) < 4.78 is 2.90. The van der Waals surface area contributed by atoms with Crippen LogP contribution in [0.2, 0.25) is 0 Å². The third-order valence-electron chi connectivity index (χ3n) is 2.29. The number of halogens is 1. The van der Waals surface area contributed by atoms with Gasteiger partial charge in [0, 0.05) is 5.69 Å². The second-order valence-electron chi connectivity index (χ2n) is 3.53. The van der Waals surface area contributed by atoms with E-state index in [2.05, 4.69) is 26.0 Å². The van der Waals surface area contributed by atoms with Gasteiger partial charge in [-0.1, -0.05) is 6.07 Å². The lowest BCUT2D eigenvalue weighted by atomic mass is 10.3. The lowest BCUT2D eigenvalue weighted by Crippen LogP contribution is -2.02. The summed E-state index contributed by atoms with van der Waals surface area (Å²) >= 11 is 3.50. The highest BCUT2D eigenvalue weighted by atomic mass is 79.9. The molecule has 0 amide bonds. The van der Waals surface area contributed by atoms with E-state index in [4.69, 9.17) is 0 Å². The minimum atomic E-state index is 0.862. The van der Waals surface area contributed by atoms with Crippen molar-refractivity contribution in [1.29, 1.82) is 0 Å². The van der Waals surface area contributed by atoms with Crippen LogP contribution in [-0.4, -0.2) is 14.8 Å². The first-order chi connectivity index (χ1) is 7.09. The van der Waals surface area contributed by atoms with E-state index in [9.17, 15) is 0 Å². The molecule has 0 bridgehead atoms. The van der Waals surface area contributed by atoms with Crippen LogP contribution in [-0.2, 0) is 0 Å². The van der Waals surface area contributed by atoms with Crippen molar-refractivity contribution in [2.45, 2.75) is 20.8 Å². The van der Waals surface area contributed by atoms with Crippen LogP contribution in [0, 0.1) is 20.8 Å². The molecular weight excluding hydrogens is 254 g/mol. The Kier molecular flexibility index (Phi) is 2.61. The Morgan fingerprint density at radius 1 is 1.20 bits per heavy atom. The van der Waals surface area contributed by atoms with E-state index >= 15 is 0 Å². The van der Waals surface area contributed by atoms with Crippen molar-refractivity contribution in [1.82, 2.24) is 14.8 Å². The van der Waals surface area contributed by atoms with Crippen molar-refractivity contribution in [3.63, 3.8) is 0 Å². The normalized spacial score (nSPS) is 10.7. The van der Waals surface area contributed by atoms with Gasteiger partial charge in [0.25, 0.3) is 0 Å². The minimum absolute atomic E-state index is 0.862. The Hall–Kier alpha value is -1.16. The standard InChI is InChI=1S/C11H12BrN3/c1-7-5-4-6-10(13-7)15-9(3)11(12)8(2)14-15/h4-6H,1-3H3. The van der Waals surface area contributed by atoms with Crippen molar-refractivity contribution in [2.24, 2.45) is 0 Å². The lowest BCUT2D eigenvalue weighted by molar-refractivity contribution is 0.801. The van der Waals surface area contributed by atoms with Crippen molar-refractivity contribution >= 4 is 15.9 Å². The summed E-state index contributed by atoms with van der Waals surface area (Å²) in [5.41, 5.74) is 3.05. The molecule has 2 heterocycles. The molecule has 0 aliphatic rings. The topological polar surface area (TPSA) is 30.7 Å². The number of hydrogen-bond donors (Lipinski definition) is 0. The maximum absolute atomic E-state index is 4.44. The highest BCUT2D eigenvalue weighted by molar-refractivity contribution is 9.10. The smallest absolute Gasteiger partial charge is 0.153 e. The molecule has 2 rings (SSSR count). The highest BCUT2D eigenvalue weighted by Crippen LogP contribution is 2.21. The summed E-state index contributed by atoms with van der Waals surface area (Å²) in [6.07, 6.45) is 0. The molecule has 2 aromatic rings. The summed E-state index contributed by atoms with van der Waals surface area (Å²) in [5, 5.41) is 4.43. The molecule has 0 aliphatic heterocycles. The van der Waals surface area contributed by atoms with Gasteiger partial charge in [-0.15, -0.1) is 0 Å². The maximum Gasteiger partial charge on any atom is 0.153 e. The summed E-state index contributed by atoms with van der Waals surface area (Å²) in [4.78, 5) is 4.44. The van der Waals surface area contributed by atoms with Crippen LogP contribution in [0.1, 0.15) is 17.1 Å². The molecule has 0 N–H and O–H groups in total. The van der Waals surface area contributed by atoms with E-state index in [0.717, 1.165) is 27.4 Å². The van der Waals surface area contributed by atoms with E-state index < -0.39 is 0 Å². The van der Waals surface area contributed by atoms with Gasteiger partial charge in [0.1, 0.15) is 0 Å². The number of aromatic nitrogens is 3. The zero-order valence-corrected chi connectivity index (χ0v) is 10.5. The number of rotatable bonds is 1. The molecule has 4 heteroatoms. The second kappa shape index (κ2) is 3.77. The van der Waals surface area contributed by atoms with E-state index in [-0.39, 0.29) is 0 Å². The third kappa shape index (κ3) is 1.81. The molecule has 2 aromatic heterocycles. The van der Waals surface area contributed by atoms with Crippen LogP contribution in [0.25, 0.3) is 5.82 Å². The fraction of sp³-hybridized carbons (Fsp3) is 0.273. The predicted octanol–water partition coefficient (Wildman–Crippen LogP) is 2.96. The second-order valence-corrected chi connectivity index (χ2v) is 4.33. The first-order valence-corrected chi connectivity index (χ1v) is 5.54. The zero-order valence-electron chi connectivity index (χ0n) is 8.95. The van der Waals surface area contributed by atoms with Gasteiger partial charge in [0.05, 0.1) is 15.9 Å². The largest absolute Gasteiger partial charge is 0.234 e. The molecule has 0 radical (unpaired) electrons. The average molecular weight is 266 g/mol. The van der Waals surface area contributed by atoms with Crippen molar-refractivity contribution in [2.75, 3.05) is 0 Å². The summed E-state index contributed by atoms with van der Waals surface area (Å²) in [6, 6.07) is 5.92. The van der Waals surface area contributed by atoms with Crippen LogP contribution < -0.4 is 0 Å². The average Bonchev–Trinajstić information content (AvgIpc) is 2.46. The van der Waals surface area contributed by atoms with Gasteiger partial charge in [-0.3, -0.25) is 0 Å². The zero-order chi connectivity index (χ0) is 11.0. The number of nitrogens with zero attached hydrogens (tertiary/aromatic N) is 3. The van der Waals surface area contributed by atoms with E-state index in [1.807, 2.05) is 43.7 Å². The molecule has 0 aromatic carbocycles. The minimum Gasteiger partial charge on any atom is -0.234 e. The quantitative estimate of drug-likeness (QED) is 0.794. The molecule has 0 atom stereocenters.